The molecular formula is C11H14Cl2OS. The second-order valence-electron chi connectivity index (χ2n) is 3.14. The molecule has 0 spiro atoms. The molecule has 84 valence electrons. The van der Waals surface area contributed by atoms with Crippen LogP contribution < -0.4 is 4.74 Å². The van der Waals surface area contributed by atoms with E-state index in [2.05, 4.69) is 12.6 Å². The third-order valence-corrected chi connectivity index (χ3v) is 2.79. The lowest BCUT2D eigenvalue weighted by Gasteiger charge is -2.12. The van der Waals surface area contributed by atoms with Crippen molar-refractivity contribution in [3.05, 3.63) is 27.7 Å². The van der Waals surface area contributed by atoms with Crippen molar-refractivity contribution in [2.24, 2.45) is 0 Å². The second-order valence-corrected chi connectivity index (χ2v) is 4.43. The summed E-state index contributed by atoms with van der Waals surface area (Å²) in [6.07, 6.45) is 1.87. The molecule has 15 heavy (non-hydrogen) atoms. The van der Waals surface area contributed by atoms with Crippen molar-refractivity contribution in [1.29, 1.82) is 0 Å². The maximum absolute atomic E-state index is 6.06. The van der Waals surface area contributed by atoms with Crippen LogP contribution in [-0.2, 0) is 6.42 Å². The van der Waals surface area contributed by atoms with Crippen molar-refractivity contribution in [2.75, 3.05) is 12.4 Å². The highest BCUT2D eigenvalue weighted by atomic mass is 35.5. The lowest BCUT2D eigenvalue weighted by atomic mass is 10.1. The minimum absolute atomic E-state index is 0.582. The van der Waals surface area contributed by atoms with E-state index in [0.29, 0.717) is 16.7 Å². The molecule has 1 nitrogen and oxygen atoms in total. The van der Waals surface area contributed by atoms with E-state index in [1.807, 2.05) is 13.0 Å². The smallest absolute Gasteiger partial charge is 0.141 e. The zero-order valence-electron chi connectivity index (χ0n) is 8.59. The highest BCUT2D eigenvalue weighted by Gasteiger charge is 2.09. The van der Waals surface area contributed by atoms with Gasteiger partial charge >= 0.3 is 0 Å². The molecule has 0 N–H and O–H groups in total. The summed E-state index contributed by atoms with van der Waals surface area (Å²) >= 11 is 16.2. The number of rotatable bonds is 5. The summed E-state index contributed by atoms with van der Waals surface area (Å²) in [6, 6.07) is 3.61. The summed E-state index contributed by atoms with van der Waals surface area (Å²) in [4.78, 5) is 0. The van der Waals surface area contributed by atoms with E-state index in [0.717, 1.165) is 29.9 Å². The Morgan fingerprint density at radius 2 is 2.07 bits per heavy atom. The van der Waals surface area contributed by atoms with Crippen molar-refractivity contribution in [3.8, 4) is 5.75 Å². The van der Waals surface area contributed by atoms with Crippen LogP contribution in [0.5, 0.6) is 5.75 Å². The summed E-state index contributed by atoms with van der Waals surface area (Å²) in [5, 5.41) is 1.23. The van der Waals surface area contributed by atoms with Crippen LogP contribution in [0.2, 0.25) is 10.0 Å². The molecule has 0 saturated carbocycles. The number of halogens is 2. The van der Waals surface area contributed by atoms with Crippen LogP contribution in [-0.4, -0.2) is 12.4 Å². The molecule has 0 amide bonds. The molecule has 1 aromatic carbocycles. The predicted molar refractivity (Wildman–Crippen MR) is 69.8 cm³/mol. The molecule has 0 heterocycles. The molecule has 0 aliphatic heterocycles. The molecule has 1 aromatic rings. The van der Waals surface area contributed by atoms with E-state index < -0.39 is 0 Å². The van der Waals surface area contributed by atoms with Gasteiger partial charge in [-0.25, -0.2) is 0 Å². The Bertz CT molecular complexity index is 329. The third kappa shape index (κ3) is 3.78. The van der Waals surface area contributed by atoms with Crippen LogP contribution in [0.15, 0.2) is 12.1 Å². The Morgan fingerprint density at radius 1 is 1.33 bits per heavy atom. The van der Waals surface area contributed by atoms with Gasteiger partial charge < -0.3 is 4.74 Å². The molecule has 1 rings (SSSR count). The first-order valence-electron chi connectivity index (χ1n) is 4.90. The van der Waals surface area contributed by atoms with Gasteiger partial charge in [0.2, 0.25) is 0 Å². The molecular weight excluding hydrogens is 251 g/mol. The average molecular weight is 265 g/mol. The first-order valence-corrected chi connectivity index (χ1v) is 6.29. The fraction of sp³-hybridized carbons (Fsp3) is 0.455. The topological polar surface area (TPSA) is 9.23 Å². The van der Waals surface area contributed by atoms with E-state index in [1.165, 1.54) is 0 Å². The largest absolute Gasteiger partial charge is 0.492 e. The lowest BCUT2D eigenvalue weighted by molar-refractivity contribution is 0.336. The second kappa shape index (κ2) is 6.51. The van der Waals surface area contributed by atoms with E-state index >= 15 is 0 Å². The van der Waals surface area contributed by atoms with Gasteiger partial charge in [-0.05, 0) is 43.2 Å². The van der Waals surface area contributed by atoms with E-state index in [-0.39, 0.29) is 0 Å². The van der Waals surface area contributed by atoms with Crippen LogP contribution >= 0.6 is 35.8 Å². The zero-order valence-corrected chi connectivity index (χ0v) is 11.0. The number of hydrogen-bond acceptors (Lipinski definition) is 2. The van der Waals surface area contributed by atoms with Crippen LogP contribution in [0.3, 0.4) is 0 Å². The third-order valence-electron chi connectivity index (χ3n) is 1.98. The first kappa shape index (κ1) is 13.0. The average Bonchev–Trinajstić information content (AvgIpc) is 2.19. The number of aryl methyl sites for hydroxylation is 1. The predicted octanol–water partition coefficient (Wildman–Crippen LogP) is 4.25. The van der Waals surface area contributed by atoms with Gasteiger partial charge in [-0.2, -0.15) is 12.6 Å². The highest BCUT2D eigenvalue weighted by Crippen LogP contribution is 2.33. The Balaban J connectivity index is 2.97. The van der Waals surface area contributed by atoms with E-state index in [1.54, 1.807) is 6.07 Å². The fourth-order valence-electron chi connectivity index (χ4n) is 1.37. The Hall–Kier alpha value is -0.0500. The Kier molecular flexibility index (Phi) is 5.65. The van der Waals surface area contributed by atoms with Crippen LogP contribution in [0.4, 0.5) is 0 Å². The quantitative estimate of drug-likeness (QED) is 0.783. The van der Waals surface area contributed by atoms with Gasteiger partial charge in [-0.15, -0.1) is 0 Å². The fourth-order valence-corrected chi connectivity index (χ4v) is 2.12. The van der Waals surface area contributed by atoms with Gasteiger partial charge in [-0.1, -0.05) is 23.2 Å². The van der Waals surface area contributed by atoms with Crippen molar-refractivity contribution < 1.29 is 4.74 Å². The molecule has 0 atom stereocenters. The number of benzene rings is 1. The minimum Gasteiger partial charge on any atom is -0.492 e. The molecule has 0 aliphatic carbocycles. The summed E-state index contributed by atoms with van der Waals surface area (Å²) < 4.78 is 5.50. The van der Waals surface area contributed by atoms with Gasteiger partial charge in [0.15, 0.2) is 0 Å². The summed E-state index contributed by atoms with van der Waals surface area (Å²) in [5.41, 5.74) is 1.06. The summed E-state index contributed by atoms with van der Waals surface area (Å²) in [7, 11) is 0. The van der Waals surface area contributed by atoms with Crippen molar-refractivity contribution in [3.63, 3.8) is 0 Å². The molecule has 0 aliphatic rings. The Morgan fingerprint density at radius 3 is 2.67 bits per heavy atom. The van der Waals surface area contributed by atoms with Gasteiger partial charge in [0.25, 0.3) is 0 Å². The summed E-state index contributed by atoms with van der Waals surface area (Å²) in [6.45, 7) is 2.54. The minimum atomic E-state index is 0.582. The number of thiol groups is 1. The zero-order chi connectivity index (χ0) is 11.3. The van der Waals surface area contributed by atoms with E-state index in [9.17, 15) is 0 Å². The number of hydrogen-bond donors (Lipinski definition) is 1. The molecule has 0 fully saturated rings. The lowest BCUT2D eigenvalue weighted by Crippen LogP contribution is -1.98. The molecule has 0 radical (unpaired) electrons. The van der Waals surface area contributed by atoms with Crippen molar-refractivity contribution in [2.45, 2.75) is 19.8 Å². The first-order chi connectivity index (χ1) is 7.19. The monoisotopic (exact) mass is 264 g/mol. The van der Waals surface area contributed by atoms with Crippen molar-refractivity contribution in [1.82, 2.24) is 0 Å². The maximum atomic E-state index is 6.06. The van der Waals surface area contributed by atoms with Crippen LogP contribution in [0.25, 0.3) is 0 Å². The molecule has 0 saturated heterocycles. The maximum Gasteiger partial charge on any atom is 0.141 e. The van der Waals surface area contributed by atoms with Gasteiger partial charge in [0.05, 0.1) is 11.6 Å². The van der Waals surface area contributed by atoms with Gasteiger partial charge in [0.1, 0.15) is 5.75 Å². The van der Waals surface area contributed by atoms with Crippen LogP contribution in [0.1, 0.15) is 18.9 Å². The summed E-state index contributed by atoms with van der Waals surface area (Å²) in [5.74, 6) is 1.60. The van der Waals surface area contributed by atoms with Crippen molar-refractivity contribution >= 4 is 35.8 Å². The van der Waals surface area contributed by atoms with Crippen LogP contribution in [0, 0.1) is 0 Å². The molecule has 0 unspecified atom stereocenters. The standard InChI is InChI=1S/C11H14Cl2OS/c1-2-14-11-8(4-3-5-15)6-9(12)7-10(11)13/h6-7,15H,2-5H2,1H3. The Labute approximate surface area is 106 Å². The normalized spacial score (nSPS) is 10.4. The molecule has 0 aromatic heterocycles. The molecule has 4 heteroatoms. The van der Waals surface area contributed by atoms with Gasteiger partial charge in [-0.3, -0.25) is 0 Å². The van der Waals surface area contributed by atoms with Gasteiger partial charge in [0, 0.05) is 5.02 Å². The SMILES string of the molecule is CCOc1c(Cl)cc(Cl)cc1CCCS. The van der Waals surface area contributed by atoms with E-state index in [4.69, 9.17) is 27.9 Å². The highest BCUT2D eigenvalue weighted by molar-refractivity contribution is 7.80. The number of ether oxygens (including phenoxy) is 1. The molecule has 0 bridgehead atoms.